The van der Waals surface area contributed by atoms with E-state index in [1.165, 1.54) is 25.7 Å². The summed E-state index contributed by atoms with van der Waals surface area (Å²) in [7, 11) is 0. The summed E-state index contributed by atoms with van der Waals surface area (Å²) in [5.74, 6) is 1.47. The van der Waals surface area contributed by atoms with E-state index in [-0.39, 0.29) is 24.0 Å². The minimum Gasteiger partial charge on any atom is -0.444 e. The van der Waals surface area contributed by atoms with Gasteiger partial charge in [-0.2, -0.15) is 0 Å². The number of halogens is 1. The maximum atomic E-state index is 5.55. The van der Waals surface area contributed by atoms with Gasteiger partial charge >= 0.3 is 0 Å². The summed E-state index contributed by atoms with van der Waals surface area (Å²) in [6, 6.07) is 9.90. The van der Waals surface area contributed by atoms with Crippen molar-refractivity contribution in [3.63, 3.8) is 0 Å². The van der Waals surface area contributed by atoms with Gasteiger partial charge in [0.2, 0.25) is 5.89 Å². The zero-order valence-electron chi connectivity index (χ0n) is 15.1. The topological polar surface area (TPSA) is 62.5 Å². The molecule has 2 aromatic rings. The summed E-state index contributed by atoms with van der Waals surface area (Å²) in [5, 5.41) is 6.63. The third-order valence-corrected chi connectivity index (χ3v) is 3.64. The lowest BCUT2D eigenvalue weighted by Crippen LogP contribution is -2.37. The minimum absolute atomic E-state index is 0. The number of aromatic nitrogens is 1. The number of oxazole rings is 1. The third-order valence-electron chi connectivity index (χ3n) is 3.64. The average molecular weight is 456 g/mol. The van der Waals surface area contributed by atoms with Gasteiger partial charge in [-0.3, -0.25) is 0 Å². The van der Waals surface area contributed by atoms with Crippen LogP contribution in [-0.2, 0) is 6.54 Å². The number of guanidine groups is 1. The number of unbranched alkanes of at least 4 members (excludes halogenated alkanes) is 3. The summed E-state index contributed by atoms with van der Waals surface area (Å²) in [5.41, 5.74) is 1.81. The Morgan fingerprint density at radius 2 is 1.88 bits per heavy atom. The molecule has 0 atom stereocenters. The van der Waals surface area contributed by atoms with E-state index in [1.54, 1.807) is 6.26 Å². The fourth-order valence-corrected chi connectivity index (χ4v) is 2.35. The predicted molar refractivity (Wildman–Crippen MR) is 114 cm³/mol. The molecule has 6 heteroatoms. The van der Waals surface area contributed by atoms with Crippen molar-refractivity contribution in [1.82, 2.24) is 15.6 Å². The molecule has 2 N–H and O–H groups in total. The van der Waals surface area contributed by atoms with Crippen LogP contribution in [0.1, 0.15) is 45.2 Å². The number of hydrogen-bond acceptors (Lipinski definition) is 3. The molecule has 0 radical (unpaired) electrons. The summed E-state index contributed by atoms with van der Waals surface area (Å²) in [6.45, 7) is 6.58. The summed E-state index contributed by atoms with van der Waals surface area (Å²) >= 11 is 0. The Labute approximate surface area is 167 Å². The van der Waals surface area contributed by atoms with E-state index in [2.05, 4.69) is 34.5 Å². The van der Waals surface area contributed by atoms with E-state index in [0.29, 0.717) is 12.4 Å². The van der Waals surface area contributed by atoms with Crippen molar-refractivity contribution in [3.05, 3.63) is 42.3 Å². The second-order valence-electron chi connectivity index (χ2n) is 5.69. The molecule has 0 saturated heterocycles. The molecule has 1 aromatic heterocycles. The number of nitrogens with one attached hydrogen (secondary N) is 2. The summed E-state index contributed by atoms with van der Waals surface area (Å²) < 4.78 is 5.55. The van der Waals surface area contributed by atoms with Gasteiger partial charge in [-0.05, 0) is 25.5 Å². The van der Waals surface area contributed by atoms with Crippen LogP contribution in [0.4, 0.5) is 0 Å². The average Bonchev–Trinajstić information content (AvgIpc) is 3.09. The van der Waals surface area contributed by atoms with Crippen molar-refractivity contribution in [2.24, 2.45) is 4.99 Å². The van der Waals surface area contributed by atoms with Crippen molar-refractivity contribution < 1.29 is 4.42 Å². The molecule has 1 heterocycles. The predicted octanol–water partition coefficient (Wildman–Crippen LogP) is 4.60. The van der Waals surface area contributed by atoms with Crippen LogP contribution in [0.25, 0.3) is 11.5 Å². The molecular weight excluding hydrogens is 427 g/mol. The summed E-state index contributed by atoms with van der Waals surface area (Å²) in [6.07, 6.45) is 6.64. The zero-order chi connectivity index (χ0) is 17.0. The molecule has 1 aromatic carbocycles. The molecule has 0 bridgehead atoms. The highest BCUT2D eigenvalue weighted by Crippen LogP contribution is 2.18. The van der Waals surface area contributed by atoms with E-state index in [4.69, 9.17) is 4.42 Å². The van der Waals surface area contributed by atoms with E-state index >= 15 is 0 Å². The van der Waals surface area contributed by atoms with Crippen LogP contribution < -0.4 is 10.6 Å². The van der Waals surface area contributed by atoms with Crippen LogP contribution in [0.2, 0.25) is 0 Å². The molecule has 0 aliphatic rings. The normalized spacial score (nSPS) is 11.0. The fraction of sp³-hybridized carbons (Fsp3) is 0.474. The SMILES string of the molecule is CCCCCCNC(=NCc1coc(-c2ccccc2)n1)NCC.I. The lowest BCUT2D eigenvalue weighted by molar-refractivity contribution is 0.572. The Morgan fingerprint density at radius 3 is 2.60 bits per heavy atom. The fourth-order valence-electron chi connectivity index (χ4n) is 2.35. The molecule has 0 fully saturated rings. The number of benzene rings is 1. The standard InChI is InChI=1S/C19H28N4O.HI/c1-3-5-6-10-13-21-19(20-4-2)22-14-17-15-24-18(23-17)16-11-8-7-9-12-16;/h7-9,11-12,15H,3-6,10,13-14H2,1-2H3,(H2,20,21,22);1H. The van der Waals surface area contributed by atoms with Crippen molar-refractivity contribution in [1.29, 1.82) is 0 Å². The van der Waals surface area contributed by atoms with Crippen LogP contribution in [0, 0.1) is 0 Å². The summed E-state index contributed by atoms with van der Waals surface area (Å²) in [4.78, 5) is 9.08. The van der Waals surface area contributed by atoms with E-state index in [1.807, 2.05) is 30.3 Å². The van der Waals surface area contributed by atoms with Crippen LogP contribution >= 0.6 is 24.0 Å². The van der Waals surface area contributed by atoms with Gasteiger partial charge in [-0.1, -0.05) is 44.4 Å². The second kappa shape index (κ2) is 12.7. The smallest absolute Gasteiger partial charge is 0.226 e. The number of hydrogen-bond donors (Lipinski definition) is 2. The van der Waals surface area contributed by atoms with Crippen molar-refractivity contribution in [2.45, 2.75) is 46.1 Å². The highest BCUT2D eigenvalue weighted by Gasteiger charge is 2.06. The third kappa shape index (κ3) is 7.90. The van der Waals surface area contributed by atoms with Gasteiger partial charge in [0.15, 0.2) is 5.96 Å². The maximum absolute atomic E-state index is 5.55. The molecular formula is C19H29IN4O. The molecule has 0 unspecified atom stereocenters. The maximum Gasteiger partial charge on any atom is 0.226 e. The van der Waals surface area contributed by atoms with Crippen LogP contribution in [0.15, 0.2) is 46.0 Å². The molecule has 25 heavy (non-hydrogen) atoms. The largest absolute Gasteiger partial charge is 0.444 e. The number of rotatable bonds is 9. The lowest BCUT2D eigenvalue weighted by Gasteiger charge is -2.10. The van der Waals surface area contributed by atoms with Crippen molar-refractivity contribution in [2.75, 3.05) is 13.1 Å². The molecule has 0 saturated carbocycles. The number of aliphatic imine (C=N–C) groups is 1. The van der Waals surface area contributed by atoms with Gasteiger partial charge in [0.05, 0.1) is 6.54 Å². The van der Waals surface area contributed by atoms with Crippen molar-refractivity contribution >= 4 is 29.9 Å². The molecule has 5 nitrogen and oxygen atoms in total. The Morgan fingerprint density at radius 1 is 1.08 bits per heavy atom. The Kier molecular flexibility index (Phi) is 10.9. The molecule has 138 valence electrons. The second-order valence-corrected chi connectivity index (χ2v) is 5.69. The Hall–Kier alpha value is -1.57. The molecule has 2 rings (SSSR count). The van der Waals surface area contributed by atoms with E-state index in [9.17, 15) is 0 Å². The van der Waals surface area contributed by atoms with Gasteiger partial charge in [0.1, 0.15) is 12.0 Å². The van der Waals surface area contributed by atoms with Gasteiger partial charge in [-0.25, -0.2) is 9.98 Å². The Bertz CT molecular complexity index is 613. The zero-order valence-corrected chi connectivity index (χ0v) is 17.5. The van der Waals surface area contributed by atoms with Gasteiger partial charge in [-0.15, -0.1) is 24.0 Å². The van der Waals surface area contributed by atoms with Gasteiger partial charge in [0.25, 0.3) is 0 Å². The highest BCUT2D eigenvalue weighted by atomic mass is 127. The molecule has 0 amide bonds. The molecule has 0 spiro atoms. The van der Waals surface area contributed by atoms with Crippen LogP contribution in [0.3, 0.4) is 0 Å². The first-order valence-corrected chi connectivity index (χ1v) is 8.85. The first-order chi connectivity index (χ1) is 11.8. The minimum atomic E-state index is 0. The first-order valence-electron chi connectivity index (χ1n) is 8.85. The lowest BCUT2D eigenvalue weighted by atomic mass is 10.2. The van der Waals surface area contributed by atoms with Crippen LogP contribution in [-0.4, -0.2) is 24.0 Å². The van der Waals surface area contributed by atoms with Crippen LogP contribution in [0.5, 0.6) is 0 Å². The quantitative estimate of drug-likeness (QED) is 0.251. The van der Waals surface area contributed by atoms with E-state index < -0.39 is 0 Å². The van der Waals surface area contributed by atoms with E-state index in [0.717, 1.165) is 30.3 Å². The number of nitrogens with zero attached hydrogens (tertiary/aromatic N) is 2. The van der Waals surface area contributed by atoms with Crippen molar-refractivity contribution in [3.8, 4) is 11.5 Å². The first kappa shape index (κ1) is 21.5. The molecule has 0 aliphatic heterocycles. The molecule has 0 aliphatic carbocycles. The van der Waals surface area contributed by atoms with Gasteiger partial charge in [0, 0.05) is 18.7 Å². The Balaban J connectivity index is 0.00000312. The highest BCUT2D eigenvalue weighted by molar-refractivity contribution is 14.0. The monoisotopic (exact) mass is 456 g/mol. The van der Waals surface area contributed by atoms with Gasteiger partial charge < -0.3 is 15.1 Å².